The number of rotatable bonds is 5. The van der Waals surface area contributed by atoms with Gasteiger partial charge in [0.1, 0.15) is 13.1 Å². The Hall–Kier alpha value is -1.41. The zero-order chi connectivity index (χ0) is 14.6. The third kappa shape index (κ3) is 4.64. The monoisotopic (exact) mass is 392 g/mol. The lowest BCUT2D eigenvalue weighted by atomic mass is 10.2. The molecular weight excluding hydrogens is 384 g/mol. The third-order valence-corrected chi connectivity index (χ3v) is 3.30. The van der Waals surface area contributed by atoms with E-state index in [1.165, 1.54) is 6.07 Å². The summed E-state index contributed by atoms with van der Waals surface area (Å²) in [6.45, 7) is -1.05. The van der Waals surface area contributed by atoms with E-state index in [2.05, 4.69) is 31.9 Å². The molecule has 0 bridgehead atoms. The fraction of sp³-hybridized carbons (Fsp3) is 0.182. The van der Waals surface area contributed by atoms with Crippen molar-refractivity contribution in [1.29, 1.82) is 0 Å². The Balaban J connectivity index is 3.07. The van der Waals surface area contributed by atoms with Crippen LogP contribution >= 0.6 is 31.9 Å². The average molecular weight is 394 g/mol. The molecule has 3 N–H and O–H groups in total. The Morgan fingerprint density at radius 3 is 2.37 bits per heavy atom. The molecule has 1 rings (SSSR count). The van der Waals surface area contributed by atoms with E-state index in [9.17, 15) is 14.4 Å². The SMILES string of the molecule is NC(=O)CN(CC(=O)O)C(=O)c1cc(Br)ccc1Br. The molecular formula is C11H10Br2N2O4. The minimum Gasteiger partial charge on any atom is -0.480 e. The number of nitrogens with two attached hydrogens (primary N) is 1. The Kier molecular flexibility index (Phi) is 5.49. The predicted molar refractivity (Wildman–Crippen MR) is 74.6 cm³/mol. The van der Waals surface area contributed by atoms with Crippen LogP contribution in [0, 0.1) is 0 Å². The predicted octanol–water partition coefficient (Wildman–Crippen LogP) is 1.22. The van der Waals surface area contributed by atoms with Gasteiger partial charge in [0.15, 0.2) is 0 Å². The lowest BCUT2D eigenvalue weighted by Crippen LogP contribution is -2.41. The minimum absolute atomic E-state index is 0.247. The lowest BCUT2D eigenvalue weighted by Gasteiger charge is -2.19. The number of carbonyl (C=O) groups is 3. The molecule has 0 spiro atoms. The fourth-order valence-corrected chi connectivity index (χ4v) is 2.16. The molecule has 0 aromatic heterocycles. The first-order chi connectivity index (χ1) is 8.81. The summed E-state index contributed by atoms with van der Waals surface area (Å²) in [5.41, 5.74) is 5.25. The lowest BCUT2D eigenvalue weighted by molar-refractivity contribution is -0.138. The van der Waals surface area contributed by atoms with Crippen molar-refractivity contribution in [2.75, 3.05) is 13.1 Å². The van der Waals surface area contributed by atoms with E-state index in [1.807, 2.05) is 0 Å². The van der Waals surface area contributed by atoms with E-state index >= 15 is 0 Å². The van der Waals surface area contributed by atoms with Crippen molar-refractivity contribution >= 4 is 49.6 Å². The van der Waals surface area contributed by atoms with Crippen molar-refractivity contribution in [3.8, 4) is 0 Å². The van der Waals surface area contributed by atoms with Crippen LogP contribution in [-0.4, -0.2) is 40.9 Å². The van der Waals surface area contributed by atoms with Gasteiger partial charge in [-0.15, -0.1) is 0 Å². The van der Waals surface area contributed by atoms with Crippen LogP contribution in [0.4, 0.5) is 0 Å². The summed E-state index contributed by atoms with van der Waals surface area (Å²) in [6.07, 6.45) is 0. The van der Waals surface area contributed by atoms with Gasteiger partial charge in [-0.05, 0) is 34.1 Å². The van der Waals surface area contributed by atoms with Gasteiger partial charge in [0.25, 0.3) is 5.91 Å². The molecule has 102 valence electrons. The van der Waals surface area contributed by atoms with Gasteiger partial charge in [0, 0.05) is 8.95 Å². The highest BCUT2D eigenvalue weighted by atomic mass is 79.9. The number of hydrogen-bond donors (Lipinski definition) is 2. The molecule has 1 aromatic carbocycles. The molecule has 0 atom stereocenters. The number of carboxylic acids is 1. The van der Waals surface area contributed by atoms with Crippen LogP contribution in [0.2, 0.25) is 0 Å². The van der Waals surface area contributed by atoms with Crippen molar-refractivity contribution < 1.29 is 19.5 Å². The first kappa shape index (κ1) is 15.6. The Morgan fingerprint density at radius 1 is 1.21 bits per heavy atom. The zero-order valence-corrected chi connectivity index (χ0v) is 12.8. The Labute approximate surface area is 125 Å². The maximum Gasteiger partial charge on any atom is 0.323 e. The number of benzene rings is 1. The second-order valence-electron chi connectivity index (χ2n) is 3.65. The number of amides is 2. The minimum atomic E-state index is -1.22. The van der Waals surface area contributed by atoms with Crippen molar-refractivity contribution in [3.05, 3.63) is 32.7 Å². The van der Waals surface area contributed by atoms with E-state index in [-0.39, 0.29) is 5.56 Å². The number of halogens is 2. The van der Waals surface area contributed by atoms with Crippen LogP contribution in [0.15, 0.2) is 27.1 Å². The summed E-state index contributed by atoms with van der Waals surface area (Å²) in [7, 11) is 0. The van der Waals surface area contributed by atoms with Crippen LogP contribution < -0.4 is 5.73 Å². The maximum absolute atomic E-state index is 12.2. The van der Waals surface area contributed by atoms with Crippen LogP contribution in [0.1, 0.15) is 10.4 Å². The molecule has 6 nitrogen and oxygen atoms in total. The van der Waals surface area contributed by atoms with Gasteiger partial charge in [0.2, 0.25) is 5.91 Å². The Bertz CT molecular complexity index is 517. The number of carboxylic acid groups (broad SMARTS) is 1. The normalized spacial score (nSPS) is 10.0. The quantitative estimate of drug-likeness (QED) is 0.785. The number of hydrogen-bond acceptors (Lipinski definition) is 3. The fourth-order valence-electron chi connectivity index (χ4n) is 1.38. The molecule has 1 aromatic rings. The number of aliphatic carboxylic acids is 1. The van der Waals surface area contributed by atoms with Crippen molar-refractivity contribution in [1.82, 2.24) is 4.90 Å². The van der Waals surface area contributed by atoms with Gasteiger partial charge in [-0.1, -0.05) is 15.9 Å². The third-order valence-electron chi connectivity index (χ3n) is 2.12. The smallest absolute Gasteiger partial charge is 0.323 e. The van der Waals surface area contributed by atoms with Crippen LogP contribution in [0.5, 0.6) is 0 Å². The molecule has 0 aliphatic rings. The average Bonchev–Trinajstić information content (AvgIpc) is 2.29. The first-order valence-electron chi connectivity index (χ1n) is 5.05. The molecule has 8 heteroatoms. The number of carbonyl (C=O) groups excluding carboxylic acids is 2. The second kappa shape index (κ2) is 6.67. The zero-order valence-electron chi connectivity index (χ0n) is 9.60. The maximum atomic E-state index is 12.2. The molecule has 0 unspecified atom stereocenters. The van der Waals surface area contributed by atoms with Crippen molar-refractivity contribution in [2.24, 2.45) is 5.73 Å². The summed E-state index contributed by atoms with van der Waals surface area (Å²) in [5.74, 6) is -2.59. The van der Waals surface area contributed by atoms with Crippen molar-refractivity contribution in [3.63, 3.8) is 0 Å². The van der Waals surface area contributed by atoms with Gasteiger partial charge in [0.05, 0.1) is 5.56 Å². The van der Waals surface area contributed by atoms with Crippen LogP contribution in [0.25, 0.3) is 0 Å². The molecule has 0 aliphatic heterocycles. The van der Waals surface area contributed by atoms with E-state index in [0.29, 0.717) is 8.95 Å². The molecule has 0 heterocycles. The molecule has 19 heavy (non-hydrogen) atoms. The largest absolute Gasteiger partial charge is 0.480 e. The van der Waals surface area contributed by atoms with Gasteiger partial charge < -0.3 is 15.7 Å². The topological polar surface area (TPSA) is 101 Å². The Morgan fingerprint density at radius 2 is 1.84 bits per heavy atom. The highest BCUT2D eigenvalue weighted by Crippen LogP contribution is 2.22. The summed E-state index contributed by atoms with van der Waals surface area (Å²) in [6, 6.07) is 4.89. The summed E-state index contributed by atoms with van der Waals surface area (Å²) < 4.78 is 1.16. The number of primary amides is 1. The van der Waals surface area contributed by atoms with E-state index in [0.717, 1.165) is 4.90 Å². The van der Waals surface area contributed by atoms with Crippen LogP contribution in [0.3, 0.4) is 0 Å². The first-order valence-corrected chi connectivity index (χ1v) is 6.64. The van der Waals surface area contributed by atoms with E-state index in [4.69, 9.17) is 10.8 Å². The molecule has 0 saturated carbocycles. The molecule has 0 saturated heterocycles. The van der Waals surface area contributed by atoms with Crippen molar-refractivity contribution in [2.45, 2.75) is 0 Å². The standard InChI is InChI=1S/C11H10Br2N2O4/c12-6-1-2-8(13)7(3-6)11(19)15(4-9(14)16)5-10(17)18/h1-3H,4-5H2,(H2,14,16)(H,17,18). The van der Waals surface area contributed by atoms with Gasteiger partial charge in [-0.3, -0.25) is 14.4 Å². The van der Waals surface area contributed by atoms with Gasteiger partial charge in [-0.25, -0.2) is 0 Å². The highest BCUT2D eigenvalue weighted by molar-refractivity contribution is 9.11. The van der Waals surface area contributed by atoms with Gasteiger partial charge >= 0.3 is 5.97 Å². The molecule has 2 amide bonds. The summed E-state index contributed by atoms with van der Waals surface area (Å²) >= 11 is 6.42. The van der Waals surface area contributed by atoms with Crippen LogP contribution in [-0.2, 0) is 9.59 Å². The number of nitrogens with zero attached hydrogens (tertiary/aromatic N) is 1. The molecule has 0 aliphatic carbocycles. The van der Waals surface area contributed by atoms with E-state index in [1.54, 1.807) is 12.1 Å². The van der Waals surface area contributed by atoms with Gasteiger partial charge in [-0.2, -0.15) is 0 Å². The molecule has 0 radical (unpaired) electrons. The second-order valence-corrected chi connectivity index (χ2v) is 5.42. The summed E-state index contributed by atoms with van der Waals surface area (Å²) in [5, 5.41) is 8.75. The van der Waals surface area contributed by atoms with E-state index < -0.39 is 30.9 Å². The summed E-state index contributed by atoms with van der Waals surface area (Å²) in [4.78, 5) is 34.7. The highest BCUT2D eigenvalue weighted by Gasteiger charge is 2.22. The molecule has 0 fully saturated rings.